The van der Waals surface area contributed by atoms with Crippen molar-refractivity contribution in [2.45, 2.75) is 11.0 Å². The maximum Gasteiger partial charge on any atom is 0.303 e. The molecule has 0 aromatic heterocycles. The summed E-state index contributed by atoms with van der Waals surface area (Å²) < 4.78 is 33.0. The highest BCUT2D eigenvalue weighted by molar-refractivity contribution is 7.87. The van der Waals surface area contributed by atoms with Crippen LogP contribution >= 0.6 is 0 Å². The lowest BCUT2D eigenvalue weighted by Gasteiger charge is -2.04. The molecule has 1 saturated heterocycles. The summed E-state index contributed by atoms with van der Waals surface area (Å²) in [6.07, 6.45) is -0.345. The lowest BCUT2D eigenvalue weighted by molar-refractivity contribution is -0.396. The smallest absolute Gasteiger partial charge is 0.303 e. The molecule has 1 aromatic carbocycles. The van der Waals surface area contributed by atoms with E-state index in [0.29, 0.717) is 12.7 Å². The number of rotatable bonds is 6. The van der Waals surface area contributed by atoms with Crippen molar-refractivity contribution in [3.63, 3.8) is 0 Å². The molecule has 0 amide bonds. The van der Waals surface area contributed by atoms with E-state index < -0.39 is 36.2 Å². The number of nitrogens with zero attached hydrogens (tertiary/aromatic N) is 2. The van der Waals surface area contributed by atoms with Gasteiger partial charge in [0, 0.05) is 6.07 Å². The highest BCUT2D eigenvalue weighted by Crippen LogP contribution is 2.29. The molecule has 0 bridgehead atoms. The summed E-state index contributed by atoms with van der Waals surface area (Å²) in [6, 6.07) is 2.21. The molecule has 0 aliphatic carbocycles. The number of nitro benzene ring substituents is 2. The van der Waals surface area contributed by atoms with Gasteiger partial charge in [-0.3, -0.25) is 24.4 Å². The van der Waals surface area contributed by atoms with Crippen molar-refractivity contribution in [2.24, 2.45) is 0 Å². The zero-order valence-corrected chi connectivity index (χ0v) is 10.6. The summed E-state index contributed by atoms with van der Waals surface area (Å²) in [5.41, 5.74) is -1.49. The SMILES string of the molecule is O=[N+]([O-])c1ccc(S(=O)(=O)OCC2CO2)c([N+](=O)[O-])c1. The summed E-state index contributed by atoms with van der Waals surface area (Å²) in [5, 5.41) is 21.4. The van der Waals surface area contributed by atoms with Crippen molar-refractivity contribution >= 4 is 21.5 Å². The Bertz CT molecular complexity index is 667. The maximum absolute atomic E-state index is 11.8. The second kappa shape index (κ2) is 5.11. The predicted octanol–water partition coefficient (Wildman–Crippen LogP) is 0.607. The molecule has 11 heteroatoms. The van der Waals surface area contributed by atoms with Crippen LogP contribution in [0, 0.1) is 20.2 Å². The van der Waals surface area contributed by atoms with Gasteiger partial charge in [-0.2, -0.15) is 8.42 Å². The van der Waals surface area contributed by atoms with E-state index in [-0.39, 0.29) is 12.7 Å². The third-order valence-electron chi connectivity index (χ3n) is 2.43. The van der Waals surface area contributed by atoms with Gasteiger partial charge < -0.3 is 4.74 Å². The number of hydrogen-bond acceptors (Lipinski definition) is 8. The number of ether oxygens (including phenoxy) is 1. The first-order valence-corrected chi connectivity index (χ1v) is 6.66. The third-order valence-corrected chi connectivity index (χ3v) is 3.76. The Hall–Kier alpha value is -2.11. The highest BCUT2D eigenvalue weighted by atomic mass is 32.2. The molecule has 1 unspecified atom stereocenters. The minimum atomic E-state index is -4.38. The lowest BCUT2D eigenvalue weighted by atomic mass is 10.3. The molecule has 0 saturated carbocycles. The average Bonchev–Trinajstić information content (AvgIpc) is 3.19. The van der Waals surface area contributed by atoms with Crippen LogP contribution in [0.1, 0.15) is 0 Å². The average molecular weight is 304 g/mol. The Labute approximate surface area is 112 Å². The first kappa shape index (κ1) is 14.3. The van der Waals surface area contributed by atoms with Crippen molar-refractivity contribution in [1.82, 2.24) is 0 Å². The van der Waals surface area contributed by atoms with Crippen molar-refractivity contribution in [1.29, 1.82) is 0 Å². The second-order valence-corrected chi connectivity index (χ2v) is 5.44. The molecule has 20 heavy (non-hydrogen) atoms. The molecule has 1 atom stereocenters. The second-order valence-electron chi connectivity index (χ2n) is 3.86. The predicted molar refractivity (Wildman–Crippen MR) is 62.6 cm³/mol. The van der Waals surface area contributed by atoms with Crippen LogP contribution in [0.25, 0.3) is 0 Å². The molecule has 2 rings (SSSR count). The minimum Gasteiger partial charge on any atom is -0.371 e. The van der Waals surface area contributed by atoms with Gasteiger partial charge in [0.25, 0.3) is 11.4 Å². The molecule has 0 N–H and O–H groups in total. The zero-order valence-electron chi connectivity index (χ0n) is 9.79. The van der Waals surface area contributed by atoms with Crippen LogP contribution in [0.15, 0.2) is 23.1 Å². The van der Waals surface area contributed by atoms with Crippen LogP contribution in [0.2, 0.25) is 0 Å². The van der Waals surface area contributed by atoms with Crippen molar-refractivity contribution in [3.05, 3.63) is 38.4 Å². The Kier molecular flexibility index (Phi) is 3.65. The molecule has 1 aliphatic rings. The molecule has 0 spiro atoms. The van der Waals surface area contributed by atoms with Gasteiger partial charge >= 0.3 is 10.1 Å². The number of hydrogen-bond donors (Lipinski definition) is 0. The zero-order chi connectivity index (χ0) is 14.9. The van der Waals surface area contributed by atoms with Gasteiger partial charge in [0.15, 0.2) is 4.90 Å². The van der Waals surface area contributed by atoms with E-state index in [1.165, 1.54) is 0 Å². The van der Waals surface area contributed by atoms with Gasteiger partial charge in [-0.1, -0.05) is 0 Å². The van der Waals surface area contributed by atoms with Crippen LogP contribution in [0.4, 0.5) is 11.4 Å². The largest absolute Gasteiger partial charge is 0.371 e. The maximum atomic E-state index is 11.8. The van der Waals surface area contributed by atoms with Gasteiger partial charge in [0.1, 0.15) is 6.10 Å². The van der Waals surface area contributed by atoms with Crippen LogP contribution in [-0.4, -0.2) is 37.6 Å². The Morgan fingerprint density at radius 3 is 2.45 bits per heavy atom. The normalized spacial score (nSPS) is 17.7. The topological polar surface area (TPSA) is 142 Å². The number of epoxide rings is 1. The first-order valence-electron chi connectivity index (χ1n) is 5.25. The van der Waals surface area contributed by atoms with Gasteiger partial charge in [-0.05, 0) is 6.07 Å². The van der Waals surface area contributed by atoms with Crippen LogP contribution in [0.5, 0.6) is 0 Å². The van der Waals surface area contributed by atoms with Crippen molar-refractivity contribution in [2.75, 3.05) is 13.2 Å². The standard InChI is InChI=1S/C9H8N2O8S/c12-10(13)6-1-2-9(8(3-6)11(14)15)20(16,17)19-5-7-4-18-7/h1-3,7H,4-5H2. The summed E-state index contributed by atoms with van der Waals surface area (Å²) in [6.45, 7) is 0.106. The minimum absolute atomic E-state index is 0.253. The molecule has 0 radical (unpaired) electrons. The number of benzene rings is 1. The van der Waals surface area contributed by atoms with Crippen LogP contribution in [-0.2, 0) is 19.0 Å². The summed E-state index contributed by atoms with van der Waals surface area (Å²) >= 11 is 0. The third kappa shape index (κ3) is 3.07. The van der Waals surface area contributed by atoms with Crippen LogP contribution < -0.4 is 0 Å². The van der Waals surface area contributed by atoms with E-state index >= 15 is 0 Å². The fourth-order valence-corrected chi connectivity index (χ4v) is 2.45. The van der Waals surface area contributed by atoms with E-state index in [1.54, 1.807) is 0 Å². The molecular formula is C9H8N2O8S. The quantitative estimate of drug-likeness (QED) is 0.322. The summed E-state index contributed by atoms with van der Waals surface area (Å²) in [5.74, 6) is 0. The van der Waals surface area contributed by atoms with E-state index in [9.17, 15) is 28.6 Å². The Morgan fingerprint density at radius 2 is 1.95 bits per heavy atom. The van der Waals surface area contributed by atoms with E-state index in [2.05, 4.69) is 4.18 Å². The molecule has 1 aliphatic heterocycles. The number of nitro groups is 2. The van der Waals surface area contributed by atoms with Gasteiger partial charge in [-0.25, -0.2) is 0 Å². The van der Waals surface area contributed by atoms with Gasteiger partial charge in [0.2, 0.25) is 0 Å². The van der Waals surface area contributed by atoms with Crippen molar-refractivity contribution in [3.8, 4) is 0 Å². The molecule has 108 valence electrons. The number of non-ortho nitro benzene ring substituents is 1. The Balaban J connectivity index is 2.38. The molecular weight excluding hydrogens is 296 g/mol. The summed E-state index contributed by atoms with van der Waals surface area (Å²) in [7, 11) is -4.38. The Morgan fingerprint density at radius 1 is 1.30 bits per heavy atom. The molecule has 10 nitrogen and oxygen atoms in total. The van der Waals surface area contributed by atoms with Gasteiger partial charge in [0.05, 0.1) is 29.1 Å². The highest BCUT2D eigenvalue weighted by Gasteiger charge is 2.32. The molecule has 1 heterocycles. The summed E-state index contributed by atoms with van der Waals surface area (Å²) in [4.78, 5) is 18.8. The monoisotopic (exact) mass is 304 g/mol. The van der Waals surface area contributed by atoms with E-state index in [1.807, 2.05) is 0 Å². The van der Waals surface area contributed by atoms with E-state index in [0.717, 1.165) is 12.1 Å². The van der Waals surface area contributed by atoms with Crippen molar-refractivity contribution < 1.29 is 27.2 Å². The first-order chi connectivity index (χ1) is 9.31. The van der Waals surface area contributed by atoms with Crippen LogP contribution in [0.3, 0.4) is 0 Å². The fraction of sp³-hybridized carbons (Fsp3) is 0.333. The lowest BCUT2D eigenvalue weighted by Crippen LogP contribution is -2.12. The fourth-order valence-electron chi connectivity index (χ4n) is 1.37. The molecule has 1 fully saturated rings. The van der Waals surface area contributed by atoms with Gasteiger partial charge in [-0.15, -0.1) is 0 Å². The molecule has 1 aromatic rings. The van der Waals surface area contributed by atoms with E-state index in [4.69, 9.17) is 4.74 Å².